The van der Waals surface area contributed by atoms with Gasteiger partial charge in [0.05, 0.1) is 5.92 Å². The van der Waals surface area contributed by atoms with E-state index in [1.807, 2.05) is 30.3 Å². The third kappa shape index (κ3) is 3.19. The van der Waals surface area contributed by atoms with Crippen molar-refractivity contribution in [1.29, 1.82) is 0 Å². The minimum Gasteiger partial charge on any atom is -0.481 e. The third-order valence-electron chi connectivity index (χ3n) is 4.41. The molecule has 1 aromatic rings. The Bertz CT molecular complexity index is 451. The number of aliphatic carboxylic acids is 1. The van der Waals surface area contributed by atoms with Crippen molar-refractivity contribution in [3.63, 3.8) is 0 Å². The molecule has 1 aromatic carbocycles. The normalized spacial score (nSPS) is 22.6. The van der Waals surface area contributed by atoms with Crippen LogP contribution in [-0.4, -0.2) is 59.6 Å². The lowest BCUT2D eigenvalue weighted by Crippen LogP contribution is -2.48. The van der Waals surface area contributed by atoms with Crippen LogP contribution in [-0.2, 0) is 4.79 Å². The highest BCUT2D eigenvalue weighted by Gasteiger charge is 2.32. The number of carbonyl (C=O) groups is 1. The zero-order valence-corrected chi connectivity index (χ0v) is 11.7. The average Bonchev–Trinajstić information content (AvgIpc) is 3.31. The van der Waals surface area contributed by atoms with E-state index in [0.717, 1.165) is 37.8 Å². The van der Waals surface area contributed by atoms with Gasteiger partial charge in [0, 0.05) is 38.8 Å². The quantitative estimate of drug-likeness (QED) is 0.886. The summed E-state index contributed by atoms with van der Waals surface area (Å²) in [4.78, 5) is 16.4. The van der Waals surface area contributed by atoms with E-state index in [2.05, 4.69) is 9.80 Å². The highest BCUT2D eigenvalue weighted by molar-refractivity contribution is 5.76. The van der Waals surface area contributed by atoms with Gasteiger partial charge in [0.25, 0.3) is 0 Å². The van der Waals surface area contributed by atoms with Crippen molar-refractivity contribution in [2.45, 2.75) is 24.8 Å². The maximum absolute atomic E-state index is 11.5. The van der Waals surface area contributed by atoms with Crippen LogP contribution in [0.4, 0.5) is 0 Å². The molecule has 1 aliphatic carbocycles. The summed E-state index contributed by atoms with van der Waals surface area (Å²) < 4.78 is 0. The van der Waals surface area contributed by atoms with E-state index >= 15 is 0 Å². The first-order valence-electron chi connectivity index (χ1n) is 7.48. The first-order valence-corrected chi connectivity index (χ1v) is 7.48. The van der Waals surface area contributed by atoms with Gasteiger partial charge in [0.2, 0.25) is 0 Å². The molecule has 0 amide bonds. The van der Waals surface area contributed by atoms with E-state index < -0.39 is 11.9 Å². The molecule has 1 saturated heterocycles. The van der Waals surface area contributed by atoms with Crippen LogP contribution in [0.3, 0.4) is 0 Å². The van der Waals surface area contributed by atoms with Gasteiger partial charge in [-0.2, -0.15) is 0 Å². The monoisotopic (exact) mass is 274 g/mol. The summed E-state index contributed by atoms with van der Waals surface area (Å²) in [6.45, 7) is 4.79. The smallest absolute Gasteiger partial charge is 0.312 e. The van der Waals surface area contributed by atoms with E-state index in [0.29, 0.717) is 6.54 Å². The molecule has 108 valence electrons. The van der Waals surface area contributed by atoms with Crippen molar-refractivity contribution in [2.24, 2.45) is 0 Å². The molecule has 20 heavy (non-hydrogen) atoms. The van der Waals surface area contributed by atoms with Gasteiger partial charge in [-0.05, 0) is 18.4 Å². The van der Waals surface area contributed by atoms with Crippen molar-refractivity contribution in [3.8, 4) is 0 Å². The predicted molar refractivity (Wildman–Crippen MR) is 77.9 cm³/mol. The molecule has 0 bridgehead atoms. The Morgan fingerprint density at radius 1 is 1.15 bits per heavy atom. The topological polar surface area (TPSA) is 43.8 Å². The SMILES string of the molecule is O=C(O)C(CN1CCN(C2CC2)CC1)c1ccccc1. The Labute approximate surface area is 120 Å². The number of hydrogen-bond acceptors (Lipinski definition) is 3. The zero-order valence-electron chi connectivity index (χ0n) is 11.7. The maximum Gasteiger partial charge on any atom is 0.312 e. The summed E-state index contributed by atoms with van der Waals surface area (Å²) in [6.07, 6.45) is 2.70. The zero-order chi connectivity index (χ0) is 13.9. The van der Waals surface area contributed by atoms with Crippen molar-refractivity contribution in [3.05, 3.63) is 35.9 Å². The molecule has 0 radical (unpaired) electrons. The molecule has 4 nitrogen and oxygen atoms in total. The second-order valence-electron chi connectivity index (χ2n) is 5.87. The van der Waals surface area contributed by atoms with Crippen molar-refractivity contribution in [1.82, 2.24) is 9.80 Å². The lowest BCUT2D eigenvalue weighted by atomic mass is 9.98. The number of piperazine rings is 1. The molecule has 1 heterocycles. The largest absolute Gasteiger partial charge is 0.481 e. The maximum atomic E-state index is 11.5. The van der Waals surface area contributed by atoms with Crippen molar-refractivity contribution < 1.29 is 9.90 Å². The second-order valence-corrected chi connectivity index (χ2v) is 5.87. The number of benzene rings is 1. The number of rotatable bonds is 5. The second kappa shape index (κ2) is 5.94. The van der Waals surface area contributed by atoms with Gasteiger partial charge in [0.15, 0.2) is 0 Å². The Morgan fingerprint density at radius 3 is 2.35 bits per heavy atom. The van der Waals surface area contributed by atoms with Gasteiger partial charge in [-0.3, -0.25) is 14.6 Å². The van der Waals surface area contributed by atoms with Gasteiger partial charge in [0.1, 0.15) is 0 Å². The van der Waals surface area contributed by atoms with Crippen LogP contribution in [0.25, 0.3) is 0 Å². The summed E-state index contributed by atoms with van der Waals surface area (Å²) >= 11 is 0. The fourth-order valence-electron chi connectivity index (χ4n) is 3.02. The van der Waals surface area contributed by atoms with Gasteiger partial charge in [-0.1, -0.05) is 30.3 Å². The highest BCUT2D eigenvalue weighted by Crippen LogP contribution is 2.28. The summed E-state index contributed by atoms with van der Waals surface area (Å²) in [5.41, 5.74) is 0.907. The highest BCUT2D eigenvalue weighted by atomic mass is 16.4. The van der Waals surface area contributed by atoms with Crippen LogP contribution in [0.2, 0.25) is 0 Å². The Morgan fingerprint density at radius 2 is 1.80 bits per heavy atom. The van der Waals surface area contributed by atoms with Crippen LogP contribution in [0.15, 0.2) is 30.3 Å². The summed E-state index contributed by atoms with van der Waals surface area (Å²) in [6, 6.07) is 10.4. The van der Waals surface area contributed by atoms with Gasteiger partial charge >= 0.3 is 5.97 Å². The molecule has 2 aliphatic rings. The fourth-order valence-corrected chi connectivity index (χ4v) is 3.02. The summed E-state index contributed by atoms with van der Waals surface area (Å²) in [5.74, 6) is -1.13. The van der Waals surface area contributed by atoms with E-state index in [4.69, 9.17) is 0 Å². The van der Waals surface area contributed by atoms with E-state index in [9.17, 15) is 9.90 Å². The van der Waals surface area contributed by atoms with E-state index in [-0.39, 0.29) is 0 Å². The van der Waals surface area contributed by atoms with Gasteiger partial charge in [-0.25, -0.2) is 0 Å². The lowest BCUT2D eigenvalue weighted by Gasteiger charge is -2.36. The average molecular weight is 274 g/mol. The van der Waals surface area contributed by atoms with E-state index in [1.165, 1.54) is 12.8 Å². The molecule has 4 heteroatoms. The molecular weight excluding hydrogens is 252 g/mol. The van der Waals surface area contributed by atoms with Gasteiger partial charge < -0.3 is 5.11 Å². The van der Waals surface area contributed by atoms with E-state index in [1.54, 1.807) is 0 Å². The van der Waals surface area contributed by atoms with Crippen molar-refractivity contribution in [2.75, 3.05) is 32.7 Å². The molecule has 3 rings (SSSR count). The molecule has 0 spiro atoms. The van der Waals surface area contributed by atoms with Crippen LogP contribution >= 0.6 is 0 Å². The van der Waals surface area contributed by atoms with Gasteiger partial charge in [-0.15, -0.1) is 0 Å². The standard InChI is InChI=1S/C16H22N2O2/c19-16(20)15(13-4-2-1-3-5-13)12-17-8-10-18(11-9-17)14-6-7-14/h1-5,14-15H,6-12H2,(H,19,20). The molecule has 1 unspecified atom stereocenters. The lowest BCUT2D eigenvalue weighted by molar-refractivity contribution is -0.139. The van der Waals surface area contributed by atoms with Crippen molar-refractivity contribution >= 4 is 5.97 Å². The summed E-state index contributed by atoms with van der Waals surface area (Å²) in [7, 11) is 0. The molecule has 1 N–H and O–H groups in total. The number of carboxylic acid groups (broad SMARTS) is 1. The molecule has 0 aromatic heterocycles. The Hall–Kier alpha value is -1.39. The molecular formula is C16H22N2O2. The molecule has 2 fully saturated rings. The number of hydrogen-bond donors (Lipinski definition) is 1. The first kappa shape index (κ1) is 13.6. The van der Waals surface area contributed by atoms with Crippen LogP contribution in [0.1, 0.15) is 24.3 Å². The minimum absolute atomic E-state index is 0.413. The molecule has 1 aliphatic heterocycles. The third-order valence-corrected chi connectivity index (χ3v) is 4.41. The minimum atomic E-state index is -0.721. The Balaban J connectivity index is 1.58. The number of nitrogens with zero attached hydrogens (tertiary/aromatic N) is 2. The molecule has 1 saturated carbocycles. The predicted octanol–water partition coefficient (Wildman–Crippen LogP) is 1.63. The summed E-state index contributed by atoms with van der Waals surface area (Å²) in [5, 5.41) is 9.47. The van der Waals surface area contributed by atoms with Crippen LogP contribution in [0.5, 0.6) is 0 Å². The Kier molecular flexibility index (Phi) is 4.03. The fraction of sp³-hybridized carbons (Fsp3) is 0.562. The van der Waals surface area contributed by atoms with Crippen LogP contribution in [0, 0.1) is 0 Å². The number of carboxylic acids is 1. The van der Waals surface area contributed by atoms with Crippen LogP contribution < -0.4 is 0 Å². The first-order chi connectivity index (χ1) is 9.74. The molecule has 1 atom stereocenters.